The summed E-state index contributed by atoms with van der Waals surface area (Å²) in [6, 6.07) is -1.49. The van der Waals surface area contributed by atoms with E-state index in [9.17, 15) is 19.5 Å². The zero-order valence-corrected chi connectivity index (χ0v) is 15.1. The molecule has 10 nitrogen and oxygen atoms in total. The molecule has 0 radical (unpaired) electrons. The molecule has 2 fully saturated rings. The number of carbonyl (C=O) groups excluding carboxylic acids is 3. The number of morpholine rings is 1. The Bertz CT molecular complexity index is 619. The van der Waals surface area contributed by atoms with Crippen LogP contribution in [0.2, 0.25) is 0 Å². The van der Waals surface area contributed by atoms with Crippen LogP contribution in [0.15, 0.2) is 11.6 Å². The first kappa shape index (κ1) is 19.7. The van der Waals surface area contributed by atoms with Crippen LogP contribution in [0.25, 0.3) is 0 Å². The first-order chi connectivity index (χ1) is 12.9. The quantitative estimate of drug-likeness (QED) is 0.353. The number of nitrogens with one attached hydrogen (secondary N) is 1. The van der Waals surface area contributed by atoms with Gasteiger partial charge in [-0.2, -0.15) is 0 Å². The Morgan fingerprint density at radius 2 is 2.07 bits per heavy atom. The number of esters is 1. The van der Waals surface area contributed by atoms with Gasteiger partial charge in [-0.15, -0.1) is 0 Å². The van der Waals surface area contributed by atoms with Gasteiger partial charge in [0.25, 0.3) is 0 Å². The summed E-state index contributed by atoms with van der Waals surface area (Å²) in [5, 5.41) is 12.1. The van der Waals surface area contributed by atoms with Gasteiger partial charge in [-0.3, -0.25) is 19.3 Å². The third-order valence-electron chi connectivity index (χ3n) is 4.88. The van der Waals surface area contributed by atoms with Crippen molar-refractivity contribution in [3.8, 4) is 0 Å². The van der Waals surface area contributed by atoms with Crippen molar-refractivity contribution in [2.75, 3.05) is 45.9 Å². The number of aliphatic hydroxyl groups excluding tert-OH is 1. The molecule has 3 atom stereocenters. The third-order valence-corrected chi connectivity index (χ3v) is 4.88. The number of nitrogens with two attached hydrogens (primary N) is 1. The molecule has 0 bridgehead atoms. The molecule has 3 aliphatic heterocycles. The fourth-order valence-electron chi connectivity index (χ4n) is 3.40. The van der Waals surface area contributed by atoms with E-state index < -0.39 is 30.3 Å². The Labute approximate surface area is 157 Å². The van der Waals surface area contributed by atoms with E-state index in [4.69, 9.17) is 10.5 Å². The number of amides is 2. The standard InChI is InChI=1S/C17H26N4O6/c18-12-2-1-11(8-20-3-5-26-6-4-20)9-21(16(12)24)10-14(22)19-13-7-15(23)27-17(13)25/h1,12-13,17,25H,2-10,18H2,(H,19,22). The van der Waals surface area contributed by atoms with E-state index in [1.165, 1.54) is 4.90 Å². The van der Waals surface area contributed by atoms with E-state index in [1.54, 1.807) is 0 Å². The van der Waals surface area contributed by atoms with Gasteiger partial charge in [0.2, 0.25) is 18.1 Å². The summed E-state index contributed by atoms with van der Waals surface area (Å²) in [7, 11) is 0. The molecule has 3 aliphatic rings. The van der Waals surface area contributed by atoms with Crippen molar-refractivity contribution in [2.24, 2.45) is 5.73 Å². The van der Waals surface area contributed by atoms with Crippen LogP contribution >= 0.6 is 0 Å². The molecule has 2 saturated heterocycles. The van der Waals surface area contributed by atoms with Gasteiger partial charge >= 0.3 is 5.97 Å². The minimum Gasteiger partial charge on any atom is -0.434 e. The van der Waals surface area contributed by atoms with Gasteiger partial charge in [-0.25, -0.2) is 0 Å². The Kier molecular flexibility index (Phi) is 6.42. The summed E-state index contributed by atoms with van der Waals surface area (Å²) < 4.78 is 9.95. The van der Waals surface area contributed by atoms with E-state index in [0.29, 0.717) is 32.7 Å². The molecule has 0 saturated carbocycles. The van der Waals surface area contributed by atoms with E-state index in [0.717, 1.165) is 18.7 Å². The van der Waals surface area contributed by atoms with Gasteiger partial charge in [0.1, 0.15) is 6.04 Å². The lowest BCUT2D eigenvalue weighted by atomic mass is 10.1. The first-order valence-electron chi connectivity index (χ1n) is 9.11. The van der Waals surface area contributed by atoms with Gasteiger partial charge in [-0.05, 0) is 12.0 Å². The fraction of sp³-hybridized carbons (Fsp3) is 0.706. The van der Waals surface area contributed by atoms with Crippen molar-refractivity contribution in [2.45, 2.75) is 31.2 Å². The lowest BCUT2D eigenvalue weighted by Crippen LogP contribution is -2.50. The fourth-order valence-corrected chi connectivity index (χ4v) is 3.40. The van der Waals surface area contributed by atoms with Gasteiger partial charge in [-0.1, -0.05) is 6.08 Å². The summed E-state index contributed by atoms with van der Waals surface area (Å²) in [6.07, 6.45) is 0.951. The molecule has 0 spiro atoms. The number of ether oxygens (including phenoxy) is 2. The largest absolute Gasteiger partial charge is 0.434 e. The van der Waals surface area contributed by atoms with Gasteiger partial charge in [0.05, 0.1) is 32.2 Å². The maximum Gasteiger partial charge on any atom is 0.310 e. The highest BCUT2D eigenvalue weighted by Crippen LogP contribution is 2.15. The number of carbonyl (C=O) groups is 3. The Morgan fingerprint density at radius 3 is 2.74 bits per heavy atom. The molecular formula is C17H26N4O6. The Morgan fingerprint density at radius 1 is 1.33 bits per heavy atom. The highest BCUT2D eigenvalue weighted by atomic mass is 16.6. The van der Waals surface area contributed by atoms with Crippen LogP contribution in [0.3, 0.4) is 0 Å². The minimum absolute atomic E-state index is 0.0947. The number of hydrogen-bond acceptors (Lipinski definition) is 8. The lowest BCUT2D eigenvalue weighted by molar-refractivity contribution is -0.155. The van der Waals surface area contributed by atoms with E-state index in [-0.39, 0.29) is 18.9 Å². The van der Waals surface area contributed by atoms with E-state index in [2.05, 4.69) is 15.0 Å². The summed E-state index contributed by atoms with van der Waals surface area (Å²) in [5.74, 6) is -1.33. The van der Waals surface area contributed by atoms with Crippen molar-refractivity contribution >= 4 is 17.8 Å². The third kappa shape index (κ3) is 5.25. The molecule has 2 amide bonds. The molecule has 3 unspecified atom stereocenters. The number of cyclic esters (lactones) is 1. The van der Waals surface area contributed by atoms with E-state index >= 15 is 0 Å². The average molecular weight is 382 g/mol. The van der Waals surface area contributed by atoms with Gasteiger partial charge in [0.15, 0.2) is 0 Å². The van der Waals surface area contributed by atoms with Gasteiger partial charge in [0, 0.05) is 26.2 Å². The molecule has 0 aromatic heterocycles. The van der Waals surface area contributed by atoms with Crippen LogP contribution in [0.4, 0.5) is 0 Å². The molecule has 0 aliphatic carbocycles. The van der Waals surface area contributed by atoms with Crippen molar-refractivity contribution in [1.29, 1.82) is 0 Å². The highest BCUT2D eigenvalue weighted by molar-refractivity contribution is 5.88. The van der Waals surface area contributed by atoms with Crippen LogP contribution in [0.1, 0.15) is 12.8 Å². The Hall–Kier alpha value is -2.01. The average Bonchev–Trinajstić information content (AvgIpc) is 2.89. The van der Waals surface area contributed by atoms with Crippen molar-refractivity contribution < 1.29 is 29.0 Å². The zero-order chi connectivity index (χ0) is 19.4. The number of aliphatic hydroxyl groups is 1. The van der Waals surface area contributed by atoms with Crippen LogP contribution < -0.4 is 11.1 Å². The van der Waals surface area contributed by atoms with Crippen molar-refractivity contribution in [3.63, 3.8) is 0 Å². The zero-order valence-electron chi connectivity index (χ0n) is 15.1. The minimum atomic E-state index is -1.36. The predicted molar refractivity (Wildman–Crippen MR) is 93.2 cm³/mol. The molecule has 3 rings (SSSR count). The first-order valence-corrected chi connectivity index (χ1v) is 9.11. The number of rotatable bonds is 5. The highest BCUT2D eigenvalue weighted by Gasteiger charge is 2.35. The van der Waals surface area contributed by atoms with Gasteiger partial charge < -0.3 is 30.5 Å². The summed E-state index contributed by atoms with van der Waals surface area (Å²) in [4.78, 5) is 39.6. The van der Waals surface area contributed by atoms with Crippen LogP contribution in [-0.4, -0.2) is 97.0 Å². The van der Waals surface area contributed by atoms with Crippen molar-refractivity contribution in [1.82, 2.24) is 15.1 Å². The summed E-state index contributed by atoms with van der Waals surface area (Å²) >= 11 is 0. The van der Waals surface area contributed by atoms with E-state index in [1.807, 2.05) is 6.08 Å². The number of nitrogens with zero attached hydrogens (tertiary/aromatic N) is 2. The SMILES string of the molecule is NC1CC=C(CN2CCOCC2)CN(CC(=O)NC2CC(=O)OC2O)C1=O. The summed E-state index contributed by atoms with van der Waals surface area (Å²) in [6.45, 7) is 3.84. The molecule has 0 aromatic rings. The second kappa shape index (κ2) is 8.79. The number of hydrogen-bond donors (Lipinski definition) is 3. The van der Waals surface area contributed by atoms with Crippen molar-refractivity contribution in [3.05, 3.63) is 11.6 Å². The molecule has 150 valence electrons. The smallest absolute Gasteiger partial charge is 0.310 e. The second-order valence-electron chi connectivity index (χ2n) is 7.05. The molecule has 0 aromatic carbocycles. The molecule has 27 heavy (non-hydrogen) atoms. The maximum atomic E-state index is 12.5. The predicted octanol–water partition coefficient (Wildman–Crippen LogP) is -2.45. The topological polar surface area (TPSA) is 134 Å². The van der Waals surface area contributed by atoms with Crippen LogP contribution in [-0.2, 0) is 23.9 Å². The lowest BCUT2D eigenvalue weighted by Gasteiger charge is -2.29. The monoisotopic (exact) mass is 382 g/mol. The molecular weight excluding hydrogens is 356 g/mol. The van der Waals surface area contributed by atoms with Crippen LogP contribution in [0.5, 0.6) is 0 Å². The summed E-state index contributed by atoms with van der Waals surface area (Å²) in [5.41, 5.74) is 6.97. The molecule has 10 heteroatoms. The maximum absolute atomic E-state index is 12.5. The molecule has 4 N–H and O–H groups in total. The molecule has 3 heterocycles. The normalized spacial score (nSPS) is 29.9. The van der Waals surface area contributed by atoms with Crippen LogP contribution in [0, 0.1) is 0 Å². The Balaban J connectivity index is 1.58. The second-order valence-corrected chi connectivity index (χ2v) is 7.05.